The molecule has 0 saturated heterocycles. The van der Waals surface area contributed by atoms with Crippen molar-refractivity contribution in [2.45, 2.75) is 19.8 Å². The topological polar surface area (TPSA) is 72.5 Å². The number of carbonyl (C=O) groups excluding carboxylic acids is 1. The molecule has 0 unspecified atom stereocenters. The summed E-state index contributed by atoms with van der Waals surface area (Å²) in [7, 11) is 1.54. The summed E-state index contributed by atoms with van der Waals surface area (Å²) in [6.45, 7) is 5.78. The first kappa shape index (κ1) is 18.3. The maximum atomic E-state index is 11.9. The van der Waals surface area contributed by atoms with Crippen molar-refractivity contribution in [2.24, 2.45) is 5.73 Å². The van der Waals surface area contributed by atoms with Crippen molar-refractivity contribution in [3.05, 3.63) is 70.8 Å². The molecule has 0 atom stereocenters. The molecule has 4 nitrogen and oxygen atoms in total. The molecule has 2 aromatic rings. The Balaban J connectivity index is 2.52. The number of carbonyl (C=O) groups is 1. The monoisotopic (exact) mass is 337 g/mol. The van der Waals surface area contributed by atoms with Crippen LogP contribution in [0, 0.1) is 0 Å². The Hall–Kier alpha value is -3.01. The average Bonchev–Trinajstić information content (AvgIpc) is 2.58. The Kier molecular flexibility index (Phi) is 6.01. The molecule has 0 aliphatic rings. The van der Waals surface area contributed by atoms with Crippen molar-refractivity contribution in [1.29, 1.82) is 0 Å². The van der Waals surface area contributed by atoms with Crippen molar-refractivity contribution in [2.75, 3.05) is 7.11 Å². The second-order valence-electron chi connectivity index (χ2n) is 5.94. The van der Waals surface area contributed by atoms with Crippen molar-refractivity contribution < 1.29 is 14.6 Å². The van der Waals surface area contributed by atoms with Crippen molar-refractivity contribution in [3.63, 3.8) is 0 Å². The number of amides is 1. The third-order valence-electron chi connectivity index (χ3n) is 3.92. The standard InChI is InChI=1S/C21H23NO3/c1-14(2)9-12-17-18(25-3)13-16(19(20(17)23)21(22)24)11-10-15-7-5-4-6-8-15/h4-8,10-11,13,23H,1,9,12H2,2-3H3,(H2,22,24)/b11-10+. The van der Waals surface area contributed by atoms with Crippen LogP contribution in [0.1, 0.15) is 40.4 Å². The number of allylic oxidation sites excluding steroid dienone is 1. The Morgan fingerprint density at radius 2 is 1.96 bits per heavy atom. The van der Waals surface area contributed by atoms with Gasteiger partial charge in [0.25, 0.3) is 5.91 Å². The minimum Gasteiger partial charge on any atom is -0.507 e. The number of phenols is 1. The molecule has 130 valence electrons. The van der Waals surface area contributed by atoms with Gasteiger partial charge in [-0.3, -0.25) is 4.79 Å². The van der Waals surface area contributed by atoms with Crippen LogP contribution in [-0.2, 0) is 6.42 Å². The van der Waals surface area contributed by atoms with Gasteiger partial charge in [-0.2, -0.15) is 0 Å². The summed E-state index contributed by atoms with van der Waals surface area (Å²) in [6.07, 6.45) is 4.81. The Labute approximate surface area is 148 Å². The lowest BCUT2D eigenvalue weighted by atomic mass is 9.96. The van der Waals surface area contributed by atoms with E-state index >= 15 is 0 Å². The second-order valence-corrected chi connectivity index (χ2v) is 5.94. The van der Waals surface area contributed by atoms with E-state index in [4.69, 9.17) is 10.5 Å². The molecule has 0 bridgehead atoms. The highest BCUT2D eigenvalue weighted by atomic mass is 16.5. The van der Waals surface area contributed by atoms with Gasteiger partial charge in [-0.15, -0.1) is 6.58 Å². The first-order valence-corrected chi connectivity index (χ1v) is 8.04. The van der Waals surface area contributed by atoms with E-state index in [0.29, 0.717) is 29.7 Å². The number of aromatic hydroxyl groups is 1. The fraction of sp³-hybridized carbons (Fsp3) is 0.190. The van der Waals surface area contributed by atoms with Crippen molar-refractivity contribution >= 4 is 18.1 Å². The van der Waals surface area contributed by atoms with Gasteiger partial charge in [-0.05, 0) is 37.0 Å². The maximum absolute atomic E-state index is 11.9. The lowest BCUT2D eigenvalue weighted by molar-refractivity contribution is 0.0997. The largest absolute Gasteiger partial charge is 0.507 e. The van der Waals surface area contributed by atoms with Gasteiger partial charge in [-0.1, -0.05) is 48.1 Å². The normalized spacial score (nSPS) is 10.8. The van der Waals surface area contributed by atoms with Gasteiger partial charge in [0.15, 0.2) is 0 Å². The van der Waals surface area contributed by atoms with Crippen LogP contribution in [0.4, 0.5) is 0 Å². The van der Waals surface area contributed by atoms with Crippen LogP contribution in [0.3, 0.4) is 0 Å². The van der Waals surface area contributed by atoms with Gasteiger partial charge in [0.05, 0.1) is 12.7 Å². The minimum absolute atomic E-state index is 0.102. The van der Waals surface area contributed by atoms with E-state index < -0.39 is 5.91 Å². The van der Waals surface area contributed by atoms with Gasteiger partial charge < -0.3 is 15.6 Å². The molecule has 0 aliphatic heterocycles. The molecule has 25 heavy (non-hydrogen) atoms. The highest BCUT2D eigenvalue weighted by Crippen LogP contribution is 2.36. The quantitative estimate of drug-likeness (QED) is 0.588. The summed E-state index contributed by atoms with van der Waals surface area (Å²) in [6, 6.07) is 11.4. The van der Waals surface area contributed by atoms with E-state index in [1.54, 1.807) is 12.1 Å². The molecule has 0 radical (unpaired) electrons. The number of benzene rings is 2. The fourth-order valence-corrected chi connectivity index (χ4v) is 2.61. The highest BCUT2D eigenvalue weighted by Gasteiger charge is 2.20. The second kappa shape index (κ2) is 8.20. The van der Waals surface area contributed by atoms with Crippen LogP contribution >= 0.6 is 0 Å². The third kappa shape index (κ3) is 4.51. The van der Waals surface area contributed by atoms with Crippen molar-refractivity contribution in [3.8, 4) is 11.5 Å². The van der Waals surface area contributed by atoms with E-state index in [9.17, 15) is 9.90 Å². The zero-order chi connectivity index (χ0) is 18.4. The lowest BCUT2D eigenvalue weighted by Gasteiger charge is -2.15. The zero-order valence-corrected chi connectivity index (χ0v) is 14.6. The summed E-state index contributed by atoms with van der Waals surface area (Å²) < 4.78 is 5.41. The molecule has 0 aromatic heterocycles. The van der Waals surface area contributed by atoms with Crippen LogP contribution in [0.15, 0.2) is 48.6 Å². The number of rotatable bonds is 7. The van der Waals surface area contributed by atoms with E-state index in [1.165, 1.54) is 7.11 Å². The molecular weight excluding hydrogens is 314 g/mol. The molecule has 1 amide bonds. The summed E-state index contributed by atoms with van der Waals surface area (Å²) in [5, 5.41) is 10.6. The average molecular weight is 337 g/mol. The molecule has 3 N–H and O–H groups in total. The first-order chi connectivity index (χ1) is 11.9. The summed E-state index contributed by atoms with van der Waals surface area (Å²) in [5.74, 6) is -0.276. The summed E-state index contributed by atoms with van der Waals surface area (Å²) in [4.78, 5) is 11.9. The predicted molar refractivity (Wildman–Crippen MR) is 102 cm³/mol. The summed E-state index contributed by atoms with van der Waals surface area (Å²) >= 11 is 0. The number of nitrogens with two attached hydrogens (primary N) is 1. The molecule has 2 aromatic carbocycles. The Morgan fingerprint density at radius 1 is 1.28 bits per heavy atom. The minimum atomic E-state index is -0.676. The Morgan fingerprint density at radius 3 is 2.52 bits per heavy atom. The van der Waals surface area contributed by atoms with E-state index in [0.717, 1.165) is 11.1 Å². The molecule has 0 heterocycles. The van der Waals surface area contributed by atoms with Crippen LogP contribution in [0.2, 0.25) is 0 Å². The summed E-state index contributed by atoms with van der Waals surface area (Å²) in [5.41, 5.74) is 8.65. The van der Waals surface area contributed by atoms with E-state index in [-0.39, 0.29) is 11.3 Å². The SMILES string of the molecule is C=C(C)CCc1c(OC)cc(/C=C/c2ccccc2)c(C(N)=O)c1O. The fourth-order valence-electron chi connectivity index (χ4n) is 2.61. The number of methoxy groups -OCH3 is 1. The molecule has 0 saturated carbocycles. The molecule has 2 rings (SSSR count). The molecule has 4 heteroatoms. The van der Waals surface area contributed by atoms with Gasteiger partial charge in [0.1, 0.15) is 11.5 Å². The predicted octanol–water partition coefficient (Wildman–Crippen LogP) is 4.18. The van der Waals surface area contributed by atoms with Gasteiger partial charge >= 0.3 is 0 Å². The molecular formula is C21H23NO3. The molecule has 0 aliphatic carbocycles. The van der Waals surface area contributed by atoms with Gasteiger partial charge in [0, 0.05) is 5.56 Å². The smallest absolute Gasteiger partial charge is 0.253 e. The third-order valence-corrected chi connectivity index (χ3v) is 3.92. The number of hydrogen-bond acceptors (Lipinski definition) is 3. The van der Waals surface area contributed by atoms with Crippen LogP contribution in [0.5, 0.6) is 11.5 Å². The maximum Gasteiger partial charge on any atom is 0.253 e. The number of hydrogen-bond donors (Lipinski definition) is 2. The zero-order valence-electron chi connectivity index (χ0n) is 14.6. The van der Waals surface area contributed by atoms with Crippen molar-refractivity contribution in [1.82, 2.24) is 0 Å². The lowest BCUT2D eigenvalue weighted by Crippen LogP contribution is -2.14. The molecule has 0 fully saturated rings. The van der Waals surface area contributed by atoms with Crippen LogP contribution in [-0.4, -0.2) is 18.1 Å². The Bertz CT molecular complexity index is 808. The number of ether oxygens (including phenoxy) is 1. The van der Waals surface area contributed by atoms with Gasteiger partial charge in [-0.25, -0.2) is 0 Å². The van der Waals surface area contributed by atoms with Crippen LogP contribution < -0.4 is 10.5 Å². The van der Waals surface area contributed by atoms with Crippen LogP contribution in [0.25, 0.3) is 12.2 Å². The van der Waals surface area contributed by atoms with E-state index in [1.807, 2.05) is 43.3 Å². The number of primary amides is 1. The first-order valence-electron chi connectivity index (χ1n) is 8.04. The highest BCUT2D eigenvalue weighted by molar-refractivity contribution is 6.01. The molecule has 0 spiro atoms. The van der Waals surface area contributed by atoms with Gasteiger partial charge in [0.2, 0.25) is 0 Å². The van der Waals surface area contributed by atoms with E-state index in [2.05, 4.69) is 6.58 Å².